The fourth-order valence-electron chi connectivity index (χ4n) is 2.34. The number of hydrogen-bond acceptors (Lipinski definition) is 3. The summed E-state index contributed by atoms with van der Waals surface area (Å²) in [5.74, 6) is 0.0339. The van der Waals surface area contributed by atoms with Crippen LogP contribution in [0.2, 0.25) is 0 Å². The maximum absolute atomic E-state index is 13.6. The molecular formula is C19H18FN3O2. The van der Waals surface area contributed by atoms with Crippen molar-refractivity contribution in [2.75, 3.05) is 11.9 Å². The fourth-order valence-corrected chi connectivity index (χ4v) is 2.34. The van der Waals surface area contributed by atoms with Crippen LogP contribution in [0.4, 0.5) is 10.1 Å². The van der Waals surface area contributed by atoms with Crippen molar-refractivity contribution in [1.82, 2.24) is 10.2 Å². The first kappa shape index (κ1) is 16.7. The third-order valence-corrected chi connectivity index (χ3v) is 3.71. The van der Waals surface area contributed by atoms with Gasteiger partial charge in [-0.1, -0.05) is 6.07 Å². The van der Waals surface area contributed by atoms with Crippen molar-refractivity contribution < 1.29 is 13.9 Å². The summed E-state index contributed by atoms with van der Waals surface area (Å²) in [5.41, 5.74) is 2.72. The summed E-state index contributed by atoms with van der Waals surface area (Å²) in [4.78, 5) is 12.3. The second-order valence-corrected chi connectivity index (χ2v) is 5.54. The van der Waals surface area contributed by atoms with Gasteiger partial charge in [0.25, 0.3) is 5.91 Å². The summed E-state index contributed by atoms with van der Waals surface area (Å²) in [5, 5.41) is 9.51. The Kier molecular flexibility index (Phi) is 4.79. The zero-order valence-electron chi connectivity index (χ0n) is 14.0. The molecule has 0 aliphatic carbocycles. The monoisotopic (exact) mass is 339 g/mol. The lowest BCUT2D eigenvalue weighted by atomic mass is 10.1. The van der Waals surface area contributed by atoms with E-state index in [0.717, 1.165) is 11.3 Å². The Balaban J connectivity index is 1.73. The highest BCUT2D eigenvalue weighted by Gasteiger charge is 2.12. The number of nitrogens with one attached hydrogen (secondary N) is 2. The molecule has 1 heterocycles. The predicted octanol–water partition coefficient (Wildman–Crippen LogP) is 4.18. The molecule has 2 aromatic carbocycles. The van der Waals surface area contributed by atoms with Crippen molar-refractivity contribution in [3.8, 4) is 17.0 Å². The Morgan fingerprint density at radius 3 is 2.64 bits per heavy atom. The zero-order valence-corrected chi connectivity index (χ0v) is 14.0. The van der Waals surface area contributed by atoms with Crippen LogP contribution in [-0.4, -0.2) is 22.7 Å². The van der Waals surface area contributed by atoms with E-state index in [9.17, 15) is 9.18 Å². The highest BCUT2D eigenvalue weighted by atomic mass is 19.1. The fraction of sp³-hybridized carbons (Fsp3) is 0.158. The van der Waals surface area contributed by atoms with Gasteiger partial charge in [-0.25, -0.2) is 4.39 Å². The Bertz CT molecular complexity index is 888. The largest absolute Gasteiger partial charge is 0.494 e. The van der Waals surface area contributed by atoms with E-state index < -0.39 is 0 Å². The Labute approximate surface area is 144 Å². The molecule has 1 amide bonds. The number of amides is 1. The molecule has 0 unspecified atom stereocenters. The molecule has 1 aromatic heterocycles. The number of anilines is 1. The molecule has 2 N–H and O–H groups in total. The molecule has 0 radical (unpaired) electrons. The van der Waals surface area contributed by atoms with Crippen LogP contribution in [0, 0.1) is 12.7 Å². The van der Waals surface area contributed by atoms with Gasteiger partial charge in [-0.2, -0.15) is 5.10 Å². The summed E-state index contributed by atoms with van der Waals surface area (Å²) in [6, 6.07) is 13.6. The first-order chi connectivity index (χ1) is 12.1. The number of halogens is 1. The second-order valence-electron chi connectivity index (χ2n) is 5.54. The first-order valence-corrected chi connectivity index (χ1v) is 7.93. The van der Waals surface area contributed by atoms with E-state index in [-0.39, 0.29) is 11.7 Å². The molecule has 128 valence electrons. The van der Waals surface area contributed by atoms with Gasteiger partial charge in [0.05, 0.1) is 12.3 Å². The lowest BCUT2D eigenvalue weighted by Crippen LogP contribution is -2.12. The van der Waals surface area contributed by atoms with Gasteiger partial charge in [0, 0.05) is 11.3 Å². The number of aryl methyl sites for hydroxylation is 1. The van der Waals surface area contributed by atoms with E-state index in [4.69, 9.17) is 4.74 Å². The smallest absolute Gasteiger partial charge is 0.273 e. The standard InChI is InChI=1S/C19H18FN3O2/c1-3-25-15-8-5-13(6-9-15)17-11-18(23-22-17)19(24)21-14-7-4-12(2)16(20)10-14/h4-11H,3H2,1-2H3,(H,21,24)(H,22,23). The molecule has 5 nitrogen and oxygen atoms in total. The lowest BCUT2D eigenvalue weighted by Gasteiger charge is -2.04. The van der Waals surface area contributed by atoms with Gasteiger partial charge >= 0.3 is 0 Å². The maximum Gasteiger partial charge on any atom is 0.273 e. The molecule has 25 heavy (non-hydrogen) atoms. The molecule has 0 atom stereocenters. The van der Waals surface area contributed by atoms with Gasteiger partial charge in [0.15, 0.2) is 0 Å². The van der Waals surface area contributed by atoms with Crippen molar-refractivity contribution in [1.29, 1.82) is 0 Å². The second kappa shape index (κ2) is 7.17. The Morgan fingerprint density at radius 2 is 1.96 bits per heavy atom. The van der Waals surface area contributed by atoms with Crippen LogP contribution in [0.25, 0.3) is 11.3 Å². The van der Waals surface area contributed by atoms with E-state index in [1.807, 2.05) is 31.2 Å². The SMILES string of the molecule is CCOc1ccc(-c2cc(C(=O)Nc3ccc(C)c(F)c3)[nH]n2)cc1. The minimum Gasteiger partial charge on any atom is -0.494 e. The van der Waals surface area contributed by atoms with Gasteiger partial charge in [-0.15, -0.1) is 0 Å². The molecule has 6 heteroatoms. The number of nitrogens with zero attached hydrogens (tertiary/aromatic N) is 1. The third kappa shape index (κ3) is 3.85. The number of H-pyrrole nitrogens is 1. The maximum atomic E-state index is 13.6. The third-order valence-electron chi connectivity index (χ3n) is 3.71. The molecule has 0 saturated carbocycles. The van der Waals surface area contributed by atoms with Gasteiger partial charge in [-0.05, 0) is 61.9 Å². The number of aromatic amines is 1. The average Bonchev–Trinajstić information content (AvgIpc) is 3.09. The number of carbonyl (C=O) groups is 1. The minimum absolute atomic E-state index is 0.296. The number of aromatic nitrogens is 2. The quantitative estimate of drug-likeness (QED) is 0.733. The van der Waals surface area contributed by atoms with Gasteiger partial charge in [0.2, 0.25) is 0 Å². The number of hydrogen-bond donors (Lipinski definition) is 2. The minimum atomic E-state index is -0.382. The molecular weight excluding hydrogens is 321 g/mol. The molecule has 3 aromatic rings. The highest BCUT2D eigenvalue weighted by molar-refractivity contribution is 6.03. The van der Waals surface area contributed by atoms with Gasteiger partial charge < -0.3 is 10.1 Å². The molecule has 3 rings (SSSR count). The van der Waals surface area contributed by atoms with Crippen molar-refractivity contribution in [2.45, 2.75) is 13.8 Å². The van der Waals surface area contributed by atoms with Crippen LogP contribution < -0.4 is 10.1 Å². The van der Waals surface area contributed by atoms with Crippen LogP contribution in [0.3, 0.4) is 0 Å². The molecule has 0 bridgehead atoms. The normalized spacial score (nSPS) is 10.5. The number of benzene rings is 2. The predicted molar refractivity (Wildman–Crippen MR) is 94.3 cm³/mol. The molecule has 0 spiro atoms. The Morgan fingerprint density at radius 1 is 1.20 bits per heavy atom. The van der Waals surface area contributed by atoms with Crippen LogP contribution in [0.5, 0.6) is 5.75 Å². The molecule has 0 aliphatic heterocycles. The Hall–Kier alpha value is -3.15. The van der Waals surface area contributed by atoms with E-state index in [0.29, 0.717) is 29.2 Å². The summed E-state index contributed by atoms with van der Waals surface area (Å²) in [6.45, 7) is 4.19. The van der Waals surface area contributed by atoms with E-state index in [2.05, 4.69) is 15.5 Å². The van der Waals surface area contributed by atoms with Crippen LogP contribution in [-0.2, 0) is 0 Å². The van der Waals surface area contributed by atoms with Crippen molar-refractivity contribution in [3.05, 3.63) is 65.6 Å². The number of rotatable bonds is 5. The first-order valence-electron chi connectivity index (χ1n) is 7.93. The van der Waals surface area contributed by atoms with E-state index in [1.54, 1.807) is 25.1 Å². The van der Waals surface area contributed by atoms with Gasteiger partial charge in [0.1, 0.15) is 17.3 Å². The van der Waals surface area contributed by atoms with Crippen molar-refractivity contribution in [2.24, 2.45) is 0 Å². The van der Waals surface area contributed by atoms with Crippen LogP contribution in [0.1, 0.15) is 23.0 Å². The van der Waals surface area contributed by atoms with Crippen molar-refractivity contribution in [3.63, 3.8) is 0 Å². The van der Waals surface area contributed by atoms with Gasteiger partial charge in [-0.3, -0.25) is 9.89 Å². The van der Waals surface area contributed by atoms with Crippen molar-refractivity contribution >= 4 is 11.6 Å². The summed E-state index contributed by atoms with van der Waals surface area (Å²) in [6.07, 6.45) is 0. The van der Waals surface area contributed by atoms with Crippen LogP contribution >= 0.6 is 0 Å². The van der Waals surface area contributed by atoms with Crippen LogP contribution in [0.15, 0.2) is 48.5 Å². The molecule has 0 aliphatic rings. The topological polar surface area (TPSA) is 67.0 Å². The summed E-state index contributed by atoms with van der Waals surface area (Å²) in [7, 11) is 0. The van der Waals surface area contributed by atoms with E-state index in [1.165, 1.54) is 6.07 Å². The lowest BCUT2D eigenvalue weighted by molar-refractivity contribution is 0.102. The molecule has 0 saturated heterocycles. The summed E-state index contributed by atoms with van der Waals surface area (Å²) >= 11 is 0. The number of carbonyl (C=O) groups excluding carboxylic acids is 1. The zero-order chi connectivity index (χ0) is 17.8. The average molecular weight is 339 g/mol. The highest BCUT2D eigenvalue weighted by Crippen LogP contribution is 2.22. The number of ether oxygens (including phenoxy) is 1. The van der Waals surface area contributed by atoms with E-state index >= 15 is 0 Å². The molecule has 0 fully saturated rings. The summed E-state index contributed by atoms with van der Waals surface area (Å²) < 4.78 is 19.0.